The molecule has 1 aliphatic heterocycles. The molecule has 3 rings (SSSR count). The van der Waals surface area contributed by atoms with E-state index in [0.29, 0.717) is 5.92 Å². The number of aryl methyl sites for hydroxylation is 1. The maximum absolute atomic E-state index is 12.1. The summed E-state index contributed by atoms with van der Waals surface area (Å²) in [6, 6.07) is 6.58. The van der Waals surface area contributed by atoms with Crippen molar-refractivity contribution < 1.29 is 9.53 Å². The molecule has 5 heteroatoms. The number of amides is 1. The molecule has 1 aliphatic rings. The third-order valence-electron chi connectivity index (χ3n) is 4.60. The Kier molecular flexibility index (Phi) is 4.52. The van der Waals surface area contributed by atoms with Gasteiger partial charge in [-0.15, -0.1) is 0 Å². The van der Waals surface area contributed by atoms with Gasteiger partial charge < -0.3 is 9.64 Å². The first kappa shape index (κ1) is 16.8. The predicted molar refractivity (Wildman–Crippen MR) is 94.9 cm³/mol. The Bertz CT molecular complexity index is 722. The maximum atomic E-state index is 12.1. The van der Waals surface area contributed by atoms with Crippen molar-refractivity contribution in [2.75, 3.05) is 13.1 Å². The van der Waals surface area contributed by atoms with Gasteiger partial charge >= 0.3 is 6.09 Å². The molecule has 1 fully saturated rings. The van der Waals surface area contributed by atoms with Crippen molar-refractivity contribution in [3.63, 3.8) is 0 Å². The lowest BCUT2D eigenvalue weighted by atomic mass is 9.90. The zero-order valence-electron chi connectivity index (χ0n) is 15.1. The number of aromatic nitrogens is 2. The molecule has 130 valence electrons. The molecule has 5 nitrogen and oxygen atoms in total. The van der Waals surface area contributed by atoms with Crippen LogP contribution in [0.4, 0.5) is 4.79 Å². The van der Waals surface area contributed by atoms with Gasteiger partial charge in [-0.1, -0.05) is 6.07 Å². The van der Waals surface area contributed by atoms with Crippen molar-refractivity contribution in [3.05, 3.63) is 30.0 Å². The number of nitrogens with zero attached hydrogens (tertiary/aromatic N) is 3. The molecule has 0 bridgehead atoms. The van der Waals surface area contributed by atoms with Crippen molar-refractivity contribution in [2.45, 2.75) is 45.6 Å². The van der Waals surface area contributed by atoms with E-state index in [1.807, 2.05) is 43.6 Å². The first-order valence-electron chi connectivity index (χ1n) is 8.70. The van der Waals surface area contributed by atoms with Gasteiger partial charge in [0, 0.05) is 25.5 Å². The van der Waals surface area contributed by atoms with E-state index in [1.165, 1.54) is 16.5 Å². The molecule has 0 spiro atoms. The van der Waals surface area contributed by atoms with Gasteiger partial charge in [0.15, 0.2) is 0 Å². The molecule has 1 aromatic carbocycles. The quantitative estimate of drug-likeness (QED) is 0.843. The molecular formula is C19H27N3O2. The van der Waals surface area contributed by atoms with E-state index in [4.69, 9.17) is 4.74 Å². The van der Waals surface area contributed by atoms with Crippen LogP contribution in [0.1, 0.15) is 39.2 Å². The number of hydrogen-bond donors (Lipinski definition) is 0. The number of ether oxygens (including phenoxy) is 1. The average molecular weight is 329 g/mol. The highest BCUT2D eigenvalue weighted by Crippen LogP contribution is 2.24. The summed E-state index contributed by atoms with van der Waals surface area (Å²) < 4.78 is 7.36. The van der Waals surface area contributed by atoms with E-state index in [1.54, 1.807) is 0 Å². The number of carbonyl (C=O) groups is 1. The van der Waals surface area contributed by atoms with Gasteiger partial charge in [-0.3, -0.25) is 4.68 Å². The van der Waals surface area contributed by atoms with Gasteiger partial charge in [0.25, 0.3) is 0 Å². The standard InChI is InChI=1S/C19H27N3O2/c1-19(2,3)24-18(23)22-9-7-14(8-10-22)11-15-5-6-17-16(12-15)13-20-21(17)4/h5-6,12-14H,7-11H2,1-4H3. The first-order chi connectivity index (χ1) is 11.3. The highest BCUT2D eigenvalue weighted by atomic mass is 16.6. The number of rotatable bonds is 2. The maximum Gasteiger partial charge on any atom is 0.410 e. The van der Waals surface area contributed by atoms with Crippen LogP contribution in [0.3, 0.4) is 0 Å². The van der Waals surface area contributed by atoms with Crippen molar-refractivity contribution in [1.29, 1.82) is 0 Å². The second-order valence-corrected chi connectivity index (χ2v) is 7.78. The second kappa shape index (κ2) is 6.46. The number of hydrogen-bond acceptors (Lipinski definition) is 3. The fraction of sp³-hybridized carbons (Fsp3) is 0.579. The summed E-state index contributed by atoms with van der Waals surface area (Å²) in [6.07, 6.45) is 4.86. The molecule has 1 amide bonds. The molecule has 0 atom stereocenters. The van der Waals surface area contributed by atoms with E-state index >= 15 is 0 Å². The second-order valence-electron chi connectivity index (χ2n) is 7.78. The Labute approximate surface area is 143 Å². The monoisotopic (exact) mass is 329 g/mol. The van der Waals surface area contributed by atoms with Crippen molar-refractivity contribution in [2.24, 2.45) is 13.0 Å². The van der Waals surface area contributed by atoms with E-state index in [-0.39, 0.29) is 6.09 Å². The highest BCUT2D eigenvalue weighted by Gasteiger charge is 2.26. The average Bonchev–Trinajstić information content (AvgIpc) is 2.87. The molecule has 1 saturated heterocycles. The number of likely N-dealkylation sites (tertiary alicyclic amines) is 1. The van der Waals surface area contributed by atoms with Crippen LogP contribution in [0.25, 0.3) is 10.9 Å². The van der Waals surface area contributed by atoms with Crippen LogP contribution >= 0.6 is 0 Å². The Hall–Kier alpha value is -2.04. The number of piperidine rings is 1. The van der Waals surface area contributed by atoms with Crippen molar-refractivity contribution in [1.82, 2.24) is 14.7 Å². The number of fused-ring (bicyclic) bond motifs is 1. The first-order valence-corrected chi connectivity index (χ1v) is 8.70. The van der Waals surface area contributed by atoms with E-state index < -0.39 is 5.60 Å². The molecule has 1 aromatic heterocycles. The molecule has 0 saturated carbocycles. The Morgan fingerprint density at radius 1 is 1.29 bits per heavy atom. The molecule has 0 unspecified atom stereocenters. The fourth-order valence-corrected chi connectivity index (χ4v) is 3.32. The zero-order valence-corrected chi connectivity index (χ0v) is 15.1. The molecule has 24 heavy (non-hydrogen) atoms. The van der Waals surface area contributed by atoms with E-state index in [2.05, 4.69) is 23.3 Å². The Morgan fingerprint density at radius 3 is 2.67 bits per heavy atom. The van der Waals surface area contributed by atoms with Gasteiger partial charge in [-0.2, -0.15) is 5.10 Å². The lowest BCUT2D eigenvalue weighted by Crippen LogP contribution is -2.42. The van der Waals surface area contributed by atoms with E-state index in [9.17, 15) is 4.79 Å². The molecule has 0 radical (unpaired) electrons. The third kappa shape index (κ3) is 3.89. The highest BCUT2D eigenvalue weighted by molar-refractivity contribution is 5.79. The molecule has 2 aromatic rings. The van der Waals surface area contributed by atoms with Crippen LogP contribution < -0.4 is 0 Å². The van der Waals surface area contributed by atoms with Crippen molar-refractivity contribution >= 4 is 17.0 Å². The van der Waals surface area contributed by atoms with Gasteiger partial charge in [-0.05, 0) is 63.6 Å². The SMILES string of the molecule is Cn1ncc2cc(CC3CCN(C(=O)OC(C)(C)C)CC3)ccc21. The fourth-order valence-electron chi connectivity index (χ4n) is 3.32. The summed E-state index contributed by atoms with van der Waals surface area (Å²) in [6.45, 7) is 7.30. The van der Waals surface area contributed by atoms with Crippen LogP contribution in [0, 0.1) is 5.92 Å². The minimum absolute atomic E-state index is 0.183. The predicted octanol–water partition coefficient (Wildman–Crippen LogP) is 3.76. The lowest BCUT2D eigenvalue weighted by molar-refractivity contribution is 0.0184. The van der Waals surface area contributed by atoms with Crippen LogP contribution in [0.2, 0.25) is 0 Å². The summed E-state index contributed by atoms with van der Waals surface area (Å²) >= 11 is 0. The summed E-state index contributed by atoms with van der Waals surface area (Å²) in [7, 11) is 1.97. The topological polar surface area (TPSA) is 47.4 Å². The molecule has 2 heterocycles. The van der Waals surface area contributed by atoms with E-state index in [0.717, 1.165) is 32.4 Å². The summed E-state index contributed by atoms with van der Waals surface area (Å²) in [5.41, 5.74) is 2.09. The minimum Gasteiger partial charge on any atom is -0.444 e. The Balaban J connectivity index is 1.55. The molecular weight excluding hydrogens is 302 g/mol. The molecule has 0 N–H and O–H groups in total. The van der Waals surface area contributed by atoms with Crippen LogP contribution in [0.5, 0.6) is 0 Å². The van der Waals surface area contributed by atoms with Gasteiger partial charge in [0.1, 0.15) is 5.60 Å². The summed E-state index contributed by atoms with van der Waals surface area (Å²) in [4.78, 5) is 14.0. The van der Waals surface area contributed by atoms with Crippen LogP contribution in [0.15, 0.2) is 24.4 Å². The number of benzene rings is 1. The third-order valence-corrected chi connectivity index (χ3v) is 4.60. The normalized spacial score (nSPS) is 16.6. The van der Waals surface area contributed by atoms with Gasteiger partial charge in [-0.25, -0.2) is 4.79 Å². The molecule has 0 aliphatic carbocycles. The van der Waals surface area contributed by atoms with Crippen LogP contribution in [-0.2, 0) is 18.2 Å². The zero-order chi connectivity index (χ0) is 17.3. The number of carbonyl (C=O) groups excluding carboxylic acids is 1. The summed E-state index contributed by atoms with van der Waals surface area (Å²) in [5, 5.41) is 5.50. The lowest BCUT2D eigenvalue weighted by Gasteiger charge is -2.33. The van der Waals surface area contributed by atoms with Gasteiger partial charge in [0.2, 0.25) is 0 Å². The van der Waals surface area contributed by atoms with Crippen LogP contribution in [-0.4, -0.2) is 39.5 Å². The smallest absolute Gasteiger partial charge is 0.410 e. The minimum atomic E-state index is -0.424. The largest absolute Gasteiger partial charge is 0.444 e. The van der Waals surface area contributed by atoms with Gasteiger partial charge in [0.05, 0.1) is 11.7 Å². The Morgan fingerprint density at radius 2 is 2.00 bits per heavy atom. The van der Waals surface area contributed by atoms with Crippen molar-refractivity contribution in [3.8, 4) is 0 Å². The summed E-state index contributed by atoms with van der Waals surface area (Å²) in [5.74, 6) is 0.623.